The summed E-state index contributed by atoms with van der Waals surface area (Å²) in [7, 11) is -3.85. The third-order valence-corrected chi connectivity index (χ3v) is 5.69. The van der Waals surface area contributed by atoms with Crippen LogP contribution in [0.25, 0.3) is 0 Å². The van der Waals surface area contributed by atoms with Crippen LogP contribution in [-0.4, -0.2) is 45.0 Å². The minimum atomic E-state index is -3.85. The highest BCUT2D eigenvalue weighted by molar-refractivity contribution is 7.92. The molecule has 3 rings (SSSR count). The predicted molar refractivity (Wildman–Crippen MR) is 110 cm³/mol. The minimum absolute atomic E-state index is 0.0114. The number of urea groups is 1. The number of anilines is 1. The van der Waals surface area contributed by atoms with Crippen molar-refractivity contribution in [3.05, 3.63) is 48.0 Å². The molecule has 1 aliphatic heterocycles. The molecule has 3 amide bonds. The molecule has 0 saturated carbocycles. The van der Waals surface area contributed by atoms with E-state index in [1.807, 2.05) is 6.92 Å². The Bertz CT molecular complexity index is 1020. The van der Waals surface area contributed by atoms with Gasteiger partial charge in [-0.15, -0.1) is 0 Å². The minimum Gasteiger partial charge on any atom is -0.490 e. The molecule has 1 aliphatic rings. The fraction of sp³-hybridized carbons (Fsp3) is 0.300. The van der Waals surface area contributed by atoms with Crippen LogP contribution in [0, 0.1) is 0 Å². The number of amides is 3. The quantitative estimate of drug-likeness (QED) is 0.587. The Morgan fingerprint density at radius 2 is 1.67 bits per heavy atom. The van der Waals surface area contributed by atoms with E-state index in [0.29, 0.717) is 36.0 Å². The number of hydrogen-bond donors (Lipinski definition) is 2. The second-order valence-corrected chi connectivity index (χ2v) is 8.10. The van der Waals surface area contributed by atoms with Crippen LogP contribution < -0.4 is 19.5 Å². The van der Waals surface area contributed by atoms with Gasteiger partial charge < -0.3 is 14.8 Å². The van der Waals surface area contributed by atoms with Crippen molar-refractivity contribution in [2.45, 2.75) is 25.3 Å². The lowest BCUT2D eigenvalue weighted by molar-refractivity contribution is -0.125. The fourth-order valence-electron chi connectivity index (χ4n) is 2.89. The lowest BCUT2D eigenvalue weighted by Crippen LogP contribution is -2.30. The number of imide groups is 1. The lowest BCUT2D eigenvalue weighted by Gasteiger charge is -2.14. The van der Waals surface area contributed by atoms with E-state index in [1.165, 1.54) is 12.1 Å². The zero-order valence-electron chi connectivity index (χ0n) is 16.7. The van der Waals surface area contributed by atoms with Gasteiger partial charge in [0.05, 0.1) is 31.2 Å². The van der Waals surface area contributed by atoms with Gasteiger partial charge in [0.25, 0.3) is 10.0 Å². The topological polar surface area (TPSA) is 114 Å². The Kier molecular flexibility index (Phi) is 6.46. The molecule has 2 aromatic rings. The van der Waals surface area contributed by atoms with Crippen LogP contribution in [0.15, 0.2) is 47.4 Å². The first kappa shape index (κ1) is 21.4. The maximum Gasteiger partial charge on any atom is 0.324 e. The van der Waals surface area contributed by atoms with Gasteiger partial charge >= 0.3 is 6.03 Å². The SMILES string of the molecule is CCOc1ccc(S(=O)(=O)Nc2ccc(CN3C(=O)CNC3=O)cc2)cc1OCC. The molecule has 160 valence electrons. The van der Waals surface area contributed by atoms with Crippen molar-refractivity contribution >= 4 is 27.6 Å². The van der Waals surface area contributed by atoms with Crippen molar-refractivity contribution in [3.63, 3.8) is 0 Å². The van der Waals surface area contributed by atoms with Crippen molar-refractivity contribution in [1.29, 1.82) is 0 Å². The van der Waals surface area contributed by atoms with Crippen molar-refractivity contribution in [2.75, 3.05) is 24.5 Å². The third-order valence-electron chi connectivity index (χ3n) is 4.31. The molecule has 0 spiro atoms. The maximum absolute atomic E-state index is 12.8. The number of carbonyl (C=O) groups is 2. The summed E-state index contributed by atoms with van der Waals surface area (Å²) in [6, 6.07) is 10.4. The zero-order valence-corrected chi connectivity index (χ0v) is 17.5. The lowest BCUT2D eigenvalue weighted by atomic mass is 10.2. The Hall–Kier alpha value is -3.27. The molecule has 0 radical (unpaired) electrons. The van der Waals surface area contributed by atoms with Gasteiger partial charge in [0.2, 0.25) is 5.91 Å². The van der Waals surface area contributed by atoms with Crippen LogP contribution in [0.3, 0.4) is 0 Å². The number of carbonyl (C=O) groups excluding carboxylic acids is 2. The molecule has 1 saturated heterocycles. The molecule has 10 heteroatoms. The summed E-state index contributed by atoms with van der Waals surface area (Å²) in [6.07, 6.45) is 0. The van der Waals surface area contributed by atoms with Gasteiger partial charge in [-0.25, -0.2) is 13.2 Å². The van der Waals surface area contributed by atoms with E-state index in [-0.39, 0.29) is 23.9 Å². The fourth-order valence-corrected chi connectivity index (χ4v) is 3.96. The number of hydrogen-bond acceptors (Lipinski definition) is 6. The van der Waals surface area contributed by atoms with Crippen molar-refractivity contribution in [1.82, 2.24) is 10.2 Å². The van der Waals surface area contributed by atoms with E-state index in [1.54, 1.807) is 37.3 Å². The van der Waals surface area contributed by atoms with Gasteiger partial charge in [-0.1, -0.05) is 12.1 Å². The highest BCUT2D eigenvalue weighted by Crippen LogP contribution is 2.31. The molecule has 0 aromatic heterocycles. The largest absolute Gasteiger partial charge is 0.490 e. The number of sulfonamides is 1. The maximum atomic E-state index is 12.8. The number of nitrogens with zero attached hydrogens (tertiary/aromatic N) is 1. The van der Waals surface area contributed by atoms with Crippen LogP contribution in [-0.2, 0) is 21.4 Å². The molecule has 2 aromatic carbocycles. The van der Waals surface area contributed by atoms with E-state index in [4.69, 9.17) is 9.47 Å². The van der Waals surface area contributed by atoms with Crippen LogP contribution >= 0.6 is 0 Å². The molecule has 1 fully saturated rings. The van der Waals surface area contributed by atoms with Gasteiger partial charge in [-0.3, -0.25) is 14.4 Å². The molecule has 1 heterocycles. The second kappa shape index (κ2) is 9.04. The Morgan fingerprint density at radius 1 is 1.00 bits per heavy atom. The Morgan fingerprint density at radius 3 is 2.27 bits per heavy atom. The van der Waals surface area contributed by atoms with Crippen molar-refractivity contribution in [3.8, 4) is 11.5 Å². The number of ether oxygens (including phenoxy) is 2. The smallest absolute Gasteiger partial charge is 0.324 e. The molecule has 0 aliphatic carbocycles. The number of benzene rings is 2. The normalized spacial score (nSPS) is 13.9. The zero-order chi connectivity index (χ0) is 21.7. The van der Waals surface area contributed by atoms with Gasteiger partial charge in [-0.2, -0.15) is 0 Å². The van der Waals surface area contributed by atoms with E-state index in [2.05, 4.69) is 10.0 Å². The van der Waals surface area contributed by atoms with E-state index < -0.39 is 16.1 Å². The predicted octanol–water partition coefficient (Wildman–Crippen LogP) is 2.34. The molecule has 30 heavy (non-hydrogen) atoms. The highest BCUT2D eigenvalue weighted by Gasteiger charge is 2.28. The van der Waals surface area contributed by atoms with E-state index >= 15 is 0 Å². The molecular formula is C20H23N3O6S. The summed E-state index contributed by atoms with van der Waals surface area (Å²) in [5.41, 5.74) is 1.05. The molecule has 0 bridgehead atoms. The summed E-state index contributed by atoms with van der Waals surface area (Å²) in [4.78, 5) is 24.4. The molecule has 9 nitrogen and oxygen atoms in total. The van der Waals surface area contributed by atoms with Gasteiger partial charge in [0.15, 0.2) is 11.5 Å². The molecule has 2 N–H and O–H groups in total. The van der Waals surface area contributed by atoms with Gasteiger partial charge in [-0.05, 0) is 43.7 Å². The van der Waals surface area contributed by atoms with Crippen LogP contribution in [0.5, 0.6) is 11.5 Å². The average Bonchev–Trinajstić information content (AvgIpc) is 3.03. The molecular weight excluding hydrogens is 410 g/mol. The first-order chi connectivity index (χ1) is 14.3. The standard InChI is InChI=1S/C20H23N3O6S/c1-3-28-17-10-9-16(11-18(17)29-4-2)30(26,27)22-15-7-5-14(6-8-15)13-23-19(24)12-21-20(23)25/h5-11,22H,3-4,12-13H2,1-2H3,(H,21,25). The van der Waals surface area contributed by atoms with Gasteiger partial charge in [0.1, 0.15) is 0 Å². The first-order valence-corrected chi connectivity index (χ1v) is 10.9. The Balaban J connectivity index is 1.74. The molecule has 0 atom stereocenters. The average molecular weight is 433 g/mol. The summed E-state index contributed by atoms with van der Waals surface area (Å²) in [5.74, 6) is 0.527. The Labute approximate surface area is 175 Å². The van der Waals surface area contributed by atoms with Crippen LogP contribution in [0.4, 0.5) is 10.5 Å². The second-order valence-electron chi connectivity index (χ2n) is 6.42. The monoisotopic (exact) mass is 433 g/mol. The third kappa shape index (κ3) is 4.82. The summed E-state index contributed by atoms with van der Waals surface area (Å²) in [5, 5.41) is 2.45. The van der Waals surface area contributed by atoms with Crippen molar-refractivity contribution < 1.29 is 27.5 Å². The summed E-state index contributed by atoms with van der Waals surface area (Å²) >= 11 is 0. The van der Waals surface area contributed by atoms with Gasteiger partial charge in [0, 0.05) is 11.8 Å². The van der Waals surface area contributed by atoms with Crippen molar-refractivity contribution in [2.24, 2.45) is 0 Å². The summed E-state index contributed by atoms with van der Waals surface area (Å²) < 4.78 is 39.0. The van der Waals surface area contributed by atoms with Crippen LogP contribution in [0.2, 0.25) is 0 Å². The van der Waals surface area contributed by atoms with E-state index in [0.717, 1.165) is 4.90 Å². The van der Waals surface area contributed by atoms with E-state index in [9.17, 15) is 18.0 Å². The molecule has 0 unspecified atom stereocenters. The summed E-state index contributed by atoms with van der Waals surface area (Å²) in [6.45, 7) is 4.54. The highest BCUT2D eigenvalue weighted by atomic mass is 32.2. The number of rotatable bonds is 9. The van der Waals surface area contributed by atoms with Crippen LogP contribution in [0.1, 0.15) is 19.4 Å². The first-order valence-electron chi connectivity index (χ1n) is 9.43. The number of nitrogens with one attached hydrogen (secondary N) is 2.